The summed E-state index contributed by atoms with van der Waals surface area (Å²) in [5, 5.41) is 2.79. The van der Waals surface area contributed by atoms with Crippen molar-refractivity contribution in [2.45, 2.75) is 20.0 Å². The van der Waals surface area contributed by atoms with E-state index < -0.39 is 18.0 Å². The maximum atomic E-state index is 12.9. The van der Waals surface area contributed by atoms with Gasteiger partial charge in [0.05, 0.1) is 7.11 Å². The molecule has 1 atom stereocenters. The fourth-order valence-corrected chi connectivity index (χ4v) is 2.94. The molecule has 0 fully saturated rings. The summed E-state index contributed by atoms with van der Waals surface area (Å²) in [7, 11) is 1.53. The zero-order valence-electron chi connectivity index (χ0n) is 17.8. The minimum absolute atomic E-state index is 0.361. The number of aryl methyl sites for hydroxylation is 2. The average molecular weight is 419 g/mol. The number of esters is 1. The van der Waals surface area contributed by atoms with Crippen molar-refractivity contribution >= 4 is 17.6 Å². The molecular weight excluding hydrogens is 394 g/mol. The van der Waals surface area contributed by atoms with Gasteiger partial charge in [-0.1, -0.05) is 54.1 Å². The standard InChI is InChI=1S/C25H25NO5/c1-17-9-12-20(13-10-17)26-25(28)24(19-7-5-4-6-8-19)31-23(27)16-30-21-14-11-18(2)15-22(21)29-3/h4-15,24H,16H2,1-3H3,(H,26,28). The molecule has 3 aromatic rings. The van der Waals surface area contributed by atoms with Crippen molar-refractivity contribution in [3.63, 3.8) is 0 Å². The van der Waals surface area contributed by atoms with E-state index in [0.29, 0.717) is 22.7 Å². The maximum Gasteiger partial charge on any atom is 0.345 e. The van der Waals surface area contributed by atoms with E-state index in [0.717, 1.165) is 11.1 Å². The van der Waals surface area contributed by atoms with Crippen LogP contribution >= 0.6 is 0 Å². The Morgan fingerprint density at radius 2 is 1.55 bits per heavy atom. The van der Waals surface area contributed by atoms with Gasteiger partial charge in [0.2, 0.25) is 6.10 Å². The van der Waals surface area contributed by atoms with Gasteiger partial charge < -0.3 is 19.5 Å². The summed E-state index contributed by atoms with van der Waals surface area (Å²) in [5.41, 5.74) is 3.26. The predicted octanol–water partition coefficient (Wildman–Crippen LogP) is 4.61. The number of amides is 1. The van der Waals surface area contributed by atoms with E-state index in [1.165, 1.54) is 7.11 Å². The van der Waals surface area contributed by atoms with E-state index in [9.17, 15) is 9.59 Å². The van der Waals surface area contributed by atoms with Crippen LogP contribution in [-0.4, -0.2) is 25.6 Å². The van der Waals surface area contributed by atoms with E-state index >= 15 is 0 Å². The maximum absolute atomic E-state index is 12.9. The summed E-state index contributed by atoms with van der Waals surface area (Å²) in [4.78, 5) is 25.4. The summed E-state index contributed by atoms with van der Waals surface area (Å²) >= 11 is 0. The molecule has 0 spiro atoms. The molecule has 0 aliphatic rings. The van der Waals surface area contributed by atoms with Gasteiger partial charge in [-0.3, -0.25) is 4.79 Å². The van der Waals surface area contributed by atoms with Crippen LogP contribution in [0.15, 0.2) is 72.8 Å². The normalized spacial score (nSPS) is 11.3. The average Bonchev–Trinajstić information content (AvgIpc) is 2.78. The monoisotopic (exact) mass is 419 g/mol. The molecule has 6 nitrogen and oxygen atoms in total. The Bertz CT molecular complexity index is 1030. The van der Waals surface area contributed by atoms with Crippen molar-refractivity contribution < 1.29 is 23.8 Å². The van der Waals surface area contributed by atoms with E-state index in [1.54, 1.807) is 42.5 Å². The van der Waals surface area contributed by atoms with Crippen LogP contribution in [0.2, 0.25) is 0 Å². The van der Waals surface area contributed by atoms with Gasteiger partial charge in [-0.2, -0.15) is 0 Å². The highest BCUT2D eigenvalue weighted by molar-refractivity contribution is 5.96. The molecule has 1 amide bonds. The number of ether oxygens (including phenoxy) is 3. The number of carbonyl (C=O) groups excluding carboxylic acids is 2. The summed E-state index contributed by atoms with van der Waals surface area (Å²) in [6.45, 7) is 3.53. The van der Waals surface area contributed by atoms with Crippen LogP contribution in [0.3, 0.4) is 0 Å². The molecule has 0 bridgehead atoms. The van der Waals surface area contributed by atoms with Gasteiger partial charge in [-0.15, -0.1) is 0 Å². The van der Waals surface area contributed by atoms with Crippen molar-refractivity contribution in [2.75, 3.05) is 19.0 Å². The molecule has 0 saturated carbocycles. The van der Waals surface area contributed by atoms with Crippen molar-refractivity contribution in [1.82, 2.24) is 0 Å². The van der Waals surface area contributed by atoms with Crippen LogP contribution in [0.1, 0.15) is 22.8 Å². The van der Waals surface area contributed by atoms with Crippen LogP contribution < -0.4 is 14.8 Å². The minimum Gasteiger partial charge on any atom is -0.493 e. The fourth-order valence-electron chi connectivity index (χ4n) is 2.94. The molecule has 1 unspecified atom stereocenters. The van der Waals surface area contributed by atoms with Crippen LogP contribution in [0.25, 0.3) is 0 Å². The summed E-state index contributed by atoms with van der Waals surface area (Å²) in [6, 6.07) is 21.6. The lowest BCUT2D eigenvalue weighted by molar-refractivity contribution is -0.156. The van der Waals surface area contributed by atoms with Gasteiger partial charge in [0, 0.05) is 11.3 Å². The molecule has 0 saturated heterocycles. The second kappa shape index (κ2) is 10.3. The molecule has 31 heavy (non-hydrogen) atoms. The third-order valence-electron chi connectivity index (χ3n) is 4.57. The Morgan fingerprint density at radius 1 is 0.871 bits per heavy atom. The first-order chi connectivity index (χ1) is 15.0. The lowest BCUT2D eigenvalue weighted by Crippen LogP contribution is -2.28. The van der Waals surface area contributed by atoms with Crippen LogP contribution in [0.4, 0.5) is 5.69 Å². The quantitative estimate of drug-likeness (QED) is 0.540. The third-order valence-corrected chi connectivity index (χ3v) is 4.57. The molecule has 0 aliphatic carbocycles. The second-order valence-corrected chi connectivity index (χ2v) is 7.08. The Balaban J connectivity index is 1.70. The zero-order valence-corrected chi connectivity index (χ0v) is 17.8. The topological polar surface area (TPSA) is 73.9 Å². The molecule has 0 radical (unpaired) electrons. The highest BCUT2D eigenvalue weighted by atomic mass is 16.6. The number of rotatable bonds is 8. The molecule has 3 aromatic carbocycles. The van der Waals surface area contributed by atoms with E-state index in [2.05, 4.69) is 5.32 Å². The molecule has 0 heterocycles. The van der Waals surface area contributed by atoms with E-state index in [4.69, 9.17) is 14.2 Å². The van der Waals surface area contributed by atoms with Gasteiger partial charge in [-0.25, -0.2) is 4.79 Å². The van der Waals surface area contributed by atoms with Crippen LogP contribution in [-0.2, 0) is 14.3 Å². The summed E-state index contributed by atoms with van der Waals surface area (Å²) in [6.07, 6.45) is -1.11. The highest BCUT2D eigenvalue weighted by Gasteiger charge is 2.25. The Kier molecular flexibility index (Phi) is 7.27. The Labute approximate surface area is 181 Å². The first-order valence-electron chi connectivity index (χ1n) is 9.85. The van der Waals surface area contributed by atoms with Crippen LogP contribution in [0.5, 0.6) is 11.5 Å². The molecule has 160 valence electrons. The number of anilines is 1. The first-order valence-corrected chi connectivity index (χ1v) is 9.85. The molecule has 1 N–H and O–H groups in total. The zero-order chi connectivity index (χ0) is 22.2. The third kappa shape index (κ3) is 6.09. The Morgan fingerprint density at radius 3 is 2.23 bits per heavy atom. The van der Waals surface area contributed by atoms with Crippen molar-refractivity contribution in [3.05, 3.63) is 89.5 Å². The molecular formula is C25H25NO5. The number of methoxy groups -OCH3 is 1. The number of hydrogen-bond donors (Lipinski definition) is 1. The highest BCUT2D eigenvalue weighted by Crippen LogP contribution is 2.28. The lowest BCUT2D eigenvalue weighted by atomic mass is 10.1. The van der Waals surface area contributed by atoms with Gasteiger partial charge in [-0.05, 0) is 43.7 Å². The number of nitrogens with one attached hydrogen (secondary N) is 1. The smallest absolute Gasteiger partial charge is 0.345 e. The van der Waals surface area contributed by atoms with Crippen LogP contribution in [0, 0.1) is 13.8 Å². The van der Waals surface area contributed by atoms with Gasteiger partial charge >= 0.3 is 5.97 Å². The van der Waals surface area contributed by atoms with Gasteiger partial charge in [0.25, 0.3) is 5.91 Å². The van der Waals surface area contributed by atoms with Crippen molar-refractivity contribution in [3.8, 4) is 11.5 Å². The van der Waals surface area contributed by atoms with E-state index in [1.807, 2.05) is 44.2 Å². The molecule has 0 aromatic heterocycles. The van der Waals surface area contributed by atoms with Gasteiger partial charge in [0.15, 0.2) is 18.1 Å². The number of hydrogen-bond acceptors (Lipinski definition) is 5. The fraction of sp³-hybridized carbons (Fsp3) is 0.200. The number of carbonyl (C=O) groups is 2. The summed E-state index contributed by atoms with van der Waals surface area (Å²) < 4.78 is 16.3. The summed E-state index contributed by atoms with van der Waals surface area (Å²) in [5.74, 6) is -0.179. The minimum atomic E-state index is -1.11. The molecule has 6 heteroatoms. The molecule has 0 aliphatic heterocycles. The van der Waals surface area contributed by atoms with Crippen molar-refractivity contribution in [1.29, 1.82) is 0 Å². The largest absolute Gasteiger partial charge is 0.493 e. The predicted molar refractivity (Wildman–Crippen MR) is 118 cm³/mol. The first kappa shape index (κ1) is 21.9. The van der Waals surface area contributed by atoms with Gasteiger partial charge in [0.1, 0.15) is 0 Å². The molecule has 3 rings (SSSR count). The Hall–Kier alpha value is -3.80. The second-order valence-electron chi connectivity index (χ2n) is 7.08. The number of benzene rings is 3. The van der Waals surface area contributed by atoms with E-state index in [-0.39, 0.29) is 6.61 Å². The lowest BCUT2D eigenvalue weighted by Gasteiger charge is -2.18. The van der Waals surface area contributed by atoms with Crippen molar-refractivity contribution in [2.24, 2.45) is 0 Å². The SMILES string of the molecule is COc1cc(C)ccc1OCC(=O)OC(C(=O)Nc1ccc(C)cc1)c1ccccc1.